The van der Waals surface area contributed by atoms with Crippen LogP contribution in [0, 0.1) is 0 Å². The van der Waals surface area contributed by atoms with Crippen molar-refractivity contribution in [1.29, 1.82) is 0 Å². The minimum Gasteiger partial charge on any atom is -0.494 e. The number of imide groups is 1. The molecule has 2 aromatic rings. The van der Waals surface area contributed by atoms with Crippen molar-refractivity contribution in [3.63, 3.8) is 0 Å². The molecule has 0 spiro atoms. The molecule has 0 aliphatic carbocycles. The molecule has 0 saturated carbocycles. The number of carbonyl (C=O) groups is 2. The van der Waals surface area contributed by atoms with E-state index in [1.807, 2.05) is 55.5 Å². The van der Waals surface area contributed by atoms with Gasteiger partial charge in [0.15, 0.2) is 0 Å². The van der Waals surface area contributed by atoms with E-state index in [1.54, 1.807) is 0 Å². The van der Waals surface area contributed by atoms with Gasteiger partial charge in [-0.1, -0.05) is 0 Å². The largest absolute Gasteiger partial charge is 0.494 e. The molecule has 152 valence electrons. The molecule has 7 heteroatoms. The van der Waals surface area contributed by atoms with Crippen molar-refractivity contribution in [1.82, 2.24) is 0 Å². The van der Waals surface area contributed by atoms with Crippen LogP contribution in [-0.2, 0) is 14.3 Å². The van der Waals surface area contributed by atoms with Crippen molar-refractivity contribution < 1.29 is 19.1 Å². The Morgan fingerprint density at radius 3 is 2.31 bits per heavy atom. The van der Waals surface area contributed by atoms with Crippen molar-refractivity contribution in [2.75, 3.05) is 48.0 Å². The highest BCUT2D eigenvalue weighted by Crippen LogP contribution is 2.28. The van der Waals surface area contributed by atoms with Crippen LogP contribution in [0.1, 0.15) is 13.3 Å². The van der Waals surface area contributed by atoms with Crippen molar-refractivity contribution >= 4 is 28.9 Å². The van der Waals surface area contributed by atoms with Gasteiger partial charge >= 0.3 is 0 Å². The maximum atomic E-state index is 12.9. The number of nitrogens with one attached hydrogen (secondary N) is 1. The molecule has 2 saturated heterocycles. The first-order chi connectivity index (χ1) is 14.2. The van der Waals surface area contributed by atoms with Crippen molar-refractivity contribution in [3.8, 4) is 5.75 Å². The number of rotatable bonds is 6. The van der Waals surface area contributed by atoms with Gasteiger partial charge in [0.1, 0.15) is 11.8 Å². The van der Waals surface area contributed by atoms with E-state index < -0.39 is 6.04 Å². The molecule has 0 bridgehead atoms. The van der Waals surface area contributed by atoms with Crippen molar-refractivity contribution in [3.05, 3.63) is 48.5 Å². The number of ether oxygens (including phenoxy) is 2. The first-order valence-corrected chi connectivity index (χ1v) is 9.94. The summed E-state index contributed by atoms with van der Waals surface area (Å²) in [7, 11) is 0. The molecule has 0 radical (unpaired) electrons. The summed E-state index contributed by atoms with van der Waals surface area (Å²) in [4.78, 5) is 28.9. The van der Waals surface area contributed by atoms with Crippen LogP contribution >= 0.6 is 0 Å². The fourth-order valence-corrected chi connectivity index (χ4v) is 3.67. The Hall–Kier alpha value is -3.06. The zero-order valence-electron chi connectivity index (χ0n) is 16.5. The van der Waals surface area contributed by atoms with E-state index in [-0.39, 0.29) is 18.2 Å². The van der Waals surface area contributed by atoms with Crippen LogP contribution in [-0.4, -0.2) is 50.8 Å². The highest BCUT2D eigenvalue weighted by atomic mass is 16.5. The molecule has 29 heavy (non-hydrogen) atoms. The lowest BCUT2D eigenvalue weighted by molar-refractivity contribution is -0.121. The quantitative estimate of drug-likeness (QED) is 0.759. The van der Waals surface area contributed by atoms with E-state index in [4.69, 9.17) is 9.47 Å². The predicted molar refractivity (Wildman–Crippen MR) is 112 cm³/mol. The summed E-state index contributed by atoms with van der Waals surface area (Å²) in [5.41, 5.74) is 2.46. The first kappa shape index (κ1) is 19.3. The summed E-state index contributed by atoms with van der Waals surface area (Å²) in [6.07, 6.45) is 0.136. The number of anilines is 3. The number of benzene rings is 2. The minimum atomic E-state index is -0.570. The van der Waals surface area contributed by atoms with Gasteiger partial charge in [0, 0.05) is 24.5 Å². The second kappa shape index (κ2) is 8.53. The fraction of sp³-hybridized carbons (Fsp3) is 0.364. The molecule has 7 nitrogen and oxygen atoms in total. The second-order valence-corrected chi connectivity index (χ2v) is 7.04. The summed E-state index contributed by atoms with van der Waals surface area (Å²) in [6, 6.07) is 14.4. The molecule has 2 heterocycles. The van der Waals surface area contributed by atoms with Crippen LogP contribution < -0.4 is 19.9 Å². The highest BCUT2D eigenvalue weighted by molar-refractivity contribution is 6.23. The number of hydrogen-bond acceptors (Lipinski definition) is 6. The van der Waals surface area contributed by atoms with Gasteiger partial charge in [-0.3, -0.25) is 9.59 Å². The summed E-state index contributed by atoms with van der Waals surface area (Å²) in [5, 5.41) is 3.16. The van der Waals surface area contributed by atoms with Crippen molar-refractivity contribution in [2.24, 2.45) is 0 Å². The average molecular weight is 395 g/mol. The molecule has 4 rings (SSSR count). The zero-order valence-corrected chi connectivity index (χ0v) is 16.5. The second-order valence-electron chi connectivity index (χ2n) is 7.04. The van der Waals surface area contributed by atoms with Crippen LogP contribution in [0.15, 0.2) is 48.5 Å². The maximum absolute atomic E-state index is 12.9. The molecule has 0 aromatic heterocycles. The Morgan fingerprint density at radius 1 is 1.00 bits per heavy atom. The van der Waals surface area contributed by atoms with Crippen LogP contribution in [0.5, 0.6) is 5.75 Å². The highest BCUT2D eigenvalue weighted by Gasteiger charge is 2.39. The van der Waals surface area contributed by atoms with Crippen molar-refractivity contribution in [2.45, 2.75) is 19.4 Å². The number of amides is 2. The van der Waals surface area contributed by atoms with Gasteiger partial charge in [0.2, 0.25) is 5.91 Å². The van der Waals surface area contributed by atoms with E-state index in [0.717, 1.165) is 30.2 Å². The molecule has 2 aromatic carbocycles. The normalized spacial score (nSPS) is 19.6. The lowest BCUT2D eigenvalue weighted by Crippen LogP contribution is -2.36. The summed E-state index contributed by atoms with van der Waals surface area (Å²) in [6.45, 7) is 5.64. The molecular formula is C22H25N3O4. The smallest absolute Gasteiger partial charge is 0.256 e. The minimum absolute atomic E-state index is 0.136. The van der Waals surface area contributed by atoms with Gasteiger partial charge in [-0.2, -0.15) is 0 Å². The molecule has 2 aliphatic rings. The molecule has 2 amide bonds. The third-order valence-electron chi connectivity index (χ3n) is 5.14. The van der Waals surface area contributed by atoms with Gasteiger partial charge in [-0.25, -0.2) is 4.90 Å². The Bertz CT molecular complexity index is 861. The van der Waals surface area contributed by atoms with Crippen LogP contribution in [0.4, 0.5) is 17.1 Å². The Morgan fingerprint density at radius 2 is 1.66 bits per heavy atom. The van der Waals surface area contributed by atoms with Gasteiger partial charge in [-0.05, 0) is 55.5 Å². The lowest BCUT2D eigenvalue weighted by atomic mass is 10.2. The van der Waals surface area contributed by atoms with E-state index in [9.17, 15) is 9.59 Å². The van der Waals surface area contributed by atoms with Gasteiger partial charge in [-0.15, -0.1) is 0 Å². The predicted octanol–water partition coefficient (Wildman–Crippen LogP) is 2.67. The zero-order chi connectivity index (χ0) is 20.2. The molecule has 1 unspecified atom stereocenters. The average Bonchev–Trinajstić information content (AvgIpc) is 3.03. The number of nitrogens with zero attached hydrogens (tertiary/aromatic N) is 2. The standard InChI is InChI=1S/C22H25N3O4/c1-2-29-19-9-3-16(4-10-19)23-20-15-21(26)25(22(20)27)18-7-5-17(6-8-18)24-11-13-28-14-12-24/h3-10,20,23H,2,11-15H2,1H3. The fourth-order valence-electron chi connectivity index (χ4n) is 3.67. The number of morpholine rings is 1. The van der Waals surface area contributed by atoms with Gasteiger partial charge < -0.3 is 19.7 Å². The Labute approximate surface area is 170 Å². The topological polar surface area (TPSA) is 71.1 Å². The van der Waals surface area contributed by atoms with Gasteiger partial charge in [0.25, 0.3) is 5.91 Å². The monoisotopic (exact) mass is 395 g/mol. The molecule has 2 fully saturated rings. The van der Waals surface area contributed by atoms with E-state index in [1.165, 1.54) is 4.90 Å². The number of hydrogen-bond donors (Lipinski definition) is 1. The molecule has 2 aliphatic heterocycles. The Kier molecular flexibility index (Phi) is 5.67. The lowest BCUT2D eigenvalue weighted by Gasteiger charge is -2.29. The number of carbonyl (C=O) groups excluding carboxylic acids is 2. The van der Waals surface area contributed by atoms with Crippen LogP contribution in [0.3, 0.4) is 0 Å². The van der Waals surface area contributed by atoms with E-state index in [2.05, 4.69) is 10.2 Å². The van der Waals surface area contributed by atoms with E-state index in [0.29, 0.717) is 25.5 Å². The summed E-state index contributed by atoms with van der Waals surface area (Å²) >= 11 is 0. The molecular weight excluding hydrogens is 370 g/mol. The molecule has 1 atom stereocenters. The third-order valence-corrected chi connectivity index (χ3v) is 5.14. The van der Waals surface area contributed by atoms with Crippen LogP contribution in [0.25, 0.3) is 0 Å². The SMILES string of the molecule is CCOc1ccc(NC2CC(=O)N(c3ccc(N4CCOCC4)cc3)C2=O)cc1. The third kappa shape index (κ3) is 4.19. The van der Waals surface area contributed by atoms with E-state index >= 15 is 0 Å². The molecule has 1 N–H and O–H groups in total. The Balaban J connectivity index is 1.43. The summed E-state index contributed by atoms with van der Waals surface area (Å²) < 4.78 is 10.8. The van der Waals surface area contributed by atoms with Crippen LogP contribution in [0.2, 0.25) is 0 Å². The first-order valence-electron chi connectivity index (χ1n) is 9.94. The maximum Gasteiger partial charge on any atom is 0.256 e. The van der Waals surface area contributed by atoms with Gasteiger partial charge in [0.05, 0.1) is 31.9 Å². The summed E-state index contributed by atoms with van der Waals surface area (Å²) in [5.74, 6) is 0.342.